The van der Waals surface area contributed by atoms with Crippen LogP contribution in [-0.4, -0.2) is 35.9 Å². The zero-order valence-corrected chi connectivity index (χ0v) is 16.0. The number of anilines is 1. The minimum atomic E-state index is -0.465. The third-order valence-corrected chi connectivity index (χ3v) is 5.64. The second-order valence-corrected chi connectivity index (χ2v) is 7.69. The molecule has 140 valence electrons. The maximum atomic E-state index is 13.2. The smallest absolute Gasteiger partial charge is 0.257 e. The van der Waals surface area contributed by atoms with Crippen LogP contribution < -0.4 is 5.32 Å². The Labute approximate surface area is 162 Å². The van der Waals surface area contributed by atoms with Crippen LogP contribution in [0.5, 0.6) is 0 Å². The molecule has 0 saturated carbocycles. The summed E-state index contributed by atoms with van der Waals surface area (Å²) in [5.41, 5.74) is 4.64. The first kappa shape index (κ1) is 18.0. The highest BCUT2D eigenvalue weighted by Crippen LogP contribution is 2.32. The largest absolute Gasteiger partial charge is 0.358 e. The highest BCUT2D eigenvalue weighted by atomic mass is 35.5. The fourth-order valence-corrected chi connectivity index (χ4v) is 4.04. The van der Waals surface area contributed by atoms with Crippen molar-refractivity contribution in [2.24, 2.45) is 0 Å². The van der Waals surface area contributed by atoms with Crippen molar-refractivity contribution >= 4 is 34.1 Å². The number of rotatable bonds is 3. The summed E-state index contributed by atoms with van der Waals surface area (Å²) in [5, 5.41) is 4.11. The molecule has 0 aliphatic heterocycles. The van der Waals surface area contributed by atoms with E-state index in [1.54, 1.807) is 0 Å². The summed E-state index contributed by atoms with van der Waals surface area (Å²) in [6, 6.07) is 10.1. The van der Waals surface area contributed by atoms with Crippen LogP contribution >= 0.6 is 11.6 Å². The summed E-state index contributed by atoms with van der Waals surface area (Å²) in [7, 11) is 4.23. The van der Waals surface area contributed by atoms with Crippen LogP contribution in [0.2, 0.25) is 5.02 Å². The van der Waals surface area contributed by atoms with E-state index in [1.807, 2.05) is 18.2 Å². The Hall–Kier alpha value is -2.37. The van der Waals surface area contributed by atoms with E-state index in [0.29, 0.717) is 11.7 Å². The standard InChI is InChI=1S/C21H21ClFN3O/c1-26(2)14-5-8-20-17(11-14)16-10-13(4-7-19(16)25-20)24-21(27)15-6-3-12(23)9-18(15)22/h3-4,6-7,9-10,14,25H,5,8,11H2,1-2H3,(H,24,27). The number of aromatic nitrogens is 1. The maximum absolute atomic E-state index is 13.2. The van der Waals surface area contributed by atoms with Gasteiger partial charge in [-0.05, 0) is 75.3 Å². The number of benzene rings is 2. The van der Waals surface area contributed by atoms with Crippen LogP contribution in [0.1, 0.15) is 28.0 Å². The number of nitrogens with one attached hydrogen (secondary N) is 2. The number of carbonyl (C=O) groups excluding carboxylic acids is 1. The number of halogens is 2. The Morgan fingerprint density at radius 2 is 2.07 bits per heavy atom. The highest BCUT2D eigenvalue weighted by molar-refractivity contribution is 6.34. The quantitative estimate of drug-likeness (QED) is 0.690. The molecule has 3 aromatic rings. The fraction of sp³-hybridized carbons (Fsp3) is 0.286. The van der Waals surface area contributed by atoms with Crippen LogP contribution in [0.25, 0.3) is 10.9 Å². The lowest BCUT2D eigenvalue weighted by Gasteiger charge is -2.28. The second kappa shape index (κ2) is 6.98. The van der Waals surface area contributed by atoms with Gasteiger partial charge < -0.3 is 15.2 Å². The van der Waals surface area contributed by atoms with Crippen LogP contribution in [0, 0.1) is 5.82 Å². The van der Waals surface area contributed by atoms with Gasteiger partial charge in [0.25, 0.3) is 5.91 Å². The van der Waals surface area contributed by atoms with Crippen LogP contribution in [0.4, 0.5) is 10.1 Å². The molecule has 0 fully saturated rings. The predicted octanol–water partition coefficient (Wildman–Crippen LogP) is 4.63. The SMILES string of the molecule is CN(C)C1CCc2[nH]c3ccc(NC(=O)c4ccc(F)cc4Cl)cc3c2C1. The average molecular weight is 386 g/mol. The first-order valence-electron chi connectivity index (χ1n) is 8.98. The molecule has 0 bridgehead atoms. The van der Waals surface area contributed by atoms with E-state index in [9.17, 15) is 9.18 Å². The van der Waals surface area contributed by atoms with Gasteiger partial charge in [0.05, 0.1) is 10.6 Å². The number of hydrogen-bond donors (Lipinski definition) is 2. The topological polar surface area (TPSA) is 48.1 Å². The molecule has 1 atom stereocenters. The van der Waals surface area contributed by atoms with Gasteiger partial charge in [0.15, 0.2) is 0 Å². The predicted molar refractivity (Wildman–Crippen MR) is 107 cm³/mol. The molecule has 1 amide bonds. The van der Waals surface area contributed by atoms with E-state index in [1.165, 1.54) is 23.4 Å². The second-order valence-electron chi connectivity index (χ2n) is 7.28. The third-order valence-electron chi connectivity index (χ3n) is 5.33. The number of amides is 1. The molecule has 4 rings (SSSR count). The Balaban J connectivity index is 1.64. The van der Waals surface area contributed by atoms with Crippen molar-refractivity contribution in [1.82, 2.24) is 9.88 Å². The summed E-state index contributed by atoms with van der Waals surface area (Å²) in [6.07, 6.45) is 3.16. The molecular weight excluding hydrogens is 365 g/mol. The maximum Gasteiger partial charge on any atom is 0.257 e. The number of aromatic amines is 1. The van der Waals surface area contributed by atoms with Crippen molar-refractivity contribution in [2.45, 2.75) is 25.3 Å². The number of hydrogen-bond acceptors (Lipinski definition) is 2. The van der Waals surface area contributed by atoms with Crippen LogP contribution in [-0.2, 0) is 12.8 Å². The lowest BCUT2D eigenvalue weighted by atomic mass is 9.91. The minimum Gasteiger partial charge on any atom is -0.358 e. The summed E-state index contributed by atoms with van der Waals surface area (Å²) >= 11 is 6.00. The molecule has 0 radical (unpaired) electrons. The number of carbonyl (C=O) groups is 1. The summed E-state index contributed by atoms with van der Waals surface area (Å²) in [5.74, 6) is -0.817. The molecule has 0 spiro atoms. The first-order valence-corrected chi connectivity index (χ1v) is 9.36. The monoisotopic (exact) mass is 385 g/mol. The van der Waals surface area contributed by atoms with Crippen LogP contribution in [0.3, 0.4) is 0 Å². The first-order chi connectivity index (χ1) is 12.9. The molecule has 0 saturated heterocycles. The van der Waals surface area contributed by atoms with Gasteiger partial charge in [-0.3, -0.25) is 4.79 Å². The Morgan fingerprint density at radius 3 is 2.81 bits per heavy atom. The molecular formula is C21H21ClFN3O. The van der Waals surface area contributed by atoms with E-state index in [4.69, 9.17) is 11.6 Å². The highest BCUT2D eigenvalue weighted by Gasteiger charge is 2.24. The van der Waals surface area contributed by atoms with Crippen LogP contribution in [0.15, 0.2) is 36.4 Å². The van der Waals surface area contributed by atoms with E-state index < -0.39 is 5.82 Å². The third kappa shape index (κ3) is 3.45. The zero-order chi connectivity index (χ0) is 19.1. The number of nitrogens with zero attached hydrogens (tertiary/aromatic N) is 1. The van der Waals surface area contributed by atoms with E-state index in [0.717, 1.165) is 36.2 Å². The molecule has 1 aliphatic rings. The van der Waals surface area contributed by atoms with Crippen molar-refractivity contribution < 1.29 is 9.18 Å². The summed E-state index contributed by atoms with van der Waals surface area (Å²) in [4.78, 5) is 18.3. The van der Waals surface area contributed by atoms with Gasteiger partial charge >= 0.3 is 0 Å². The number of fused-ring (bicyclic) bond motifs is 3. The lowest BCUT2D eigenvalue weighted by Crippen LogP contribution is -2.33. The molecule has 2 N–H and O–H groups in total. The van der Waals surface area contributed by atoms with Gasteiger partial charge in [-0.15, -0.1) is 0 Å². The summed E-state index contributed by atoms with van der Waals surface area (Å²) < 4.78 is 13.2. The van der Waals surface area contributed by atoms with Gasteiger partial charge in [-0.2, -0.15) is 0 Å². The van der Waals surface area contributed by atoms with E-state index in [-0.39, 0.29) is 16.5 Å². The molecule has 2 aromatic carbocycles. The molecule has 1 heterocycles. The Morgan fingerprint density at radius 1 is 1.26 bits per heavy atom. The number of H-pyrrole nitrogens is 1. The van der Waals surface area contributed by atoms with Crippen molar-refractivity contribution in [1.29, 1.82) is 0 Å². The molecule has 1 unspecified atom stereocenters. The van der Waals surface area contributed by atoms with E-state index >= 15 is 0 Å². The fourth-order valence-electron chi connectivity index (χ4n) is 3.79. The number of likely N-dealkylation sites (N-methyl/N-ethyl adjacent to an activating group) is 1. The normalized spacial score (nSPS) is 16.6. The van der Waals surface area contributed by atoms with Gasteiger partial charge in [0.2, 0.25) is 0 Å². The molecule has 1 aliphatic carbocycles. The van der Waals surface area contributed by atoms with Crippen molar-refractivity contribution in [3.05, 3.63) is 64.1 Å². The number of aryl methyl sites for hydroxylation is 1. The lowest BCUT2D eigenvalue weighted by molar-refractivity contribution is 0.102. The molecule has 6 heteroatoms. The Kier molecular flexibility index (Phi) is 4.66. The van der Waals surface area contributed by atoms with Gasteiger partial charge in [-0.1, -0.05) is 11.6 Å². The van der Waals surface area contributed by atoms with Crippen molar-refractivity contribution in [2.75, 3.05) is 19.4 Å². The molecule has 27 heavy (non-hydrogen) atoms. The average Bonchev–Trinajstić information content (AvgIpc) is 2.98. The van der Waals surface area contributed by atoms with Crippen molar-refractivity contribution in [3.8, 4) is 0 Å². The van der Waals surface area contributed by atoms with Gasteiger partial charge in [-0.25, -0.2) is 4.39 Å². The Bertz CT molecular complexity index is 1030. The minimum absolute atomic E-state index is 0.0985. The molecule has 4 nitrogen and oxygen atoms in total. The van der Waals surface area contributed by atoms with E-state index in [2.05, 4.69) is 29.3 Å². The molecule has 1 aromatic heterocycles. The summed E-state index contributed by atoms with van der Waals surface area (Å²) in [6.45, 7) is 0. The van der Waals surface area contributed by atoms with Gasteiger partial charge in [0.1, 0.15) is 5.82 Å². The van der Waals surface area contributed by atoms with Crippen molar-refractivity contribution in [3.63, 3.8) is 0 Å². The van der Waals surface area contributed by atoms with Gasteiger partial charge in [0, 0.05) is 28.3 Å². The zero-order valence-electron chi connectivity index (χ0n) is 15.3.